The van der Waals surface area contributed by atoms with Gasteiger partial charge in [-0.1, -0.05) is 18.2 Å². The first kappa shape index (κ1) is 15.5. The molecule has 0 spiro atoms. The first-order valence-electron chi connectivity index (χ1n) is 8.14. The van der Waals surface area contributed by atoms with E-state index in [0.29, 0.717) is 6.54 Å². The summed E-state index contributed by atoms with van der Waals surface area (Å²) in [5.74, 6) is 2.78. The fraction of sp³-hybridized carbons (Fsp3) is 0.389. The number of benzene rings is 1. The van der Waals surface area contributed by atoms with Crippen LogP contribution in [0.1, 0.15) is 18.2 Å². The van der Waals surface area contributed by atoms with Crippen LogP contribution >= 0.6 is 0 Å². The van der Waals surface area contributed by atoms with Crippen LogP contribution in [-0.2, 0) is 12.8 Å². The van der Waals surface area contributed by atoms with Crippen LogP contribution in [-0.4, -0.2) is 31.7 Å². The molecule has 3 rings (SSSR count). The predicted molar refractivity (Wildman–Crippen MR) is 91.0 cm³/mol. The molecule has 122 valence electrons. The SMILES string of the molecule is CCNC(=NCC1Cc2ccccc2O1)NCCc1ccco1. The van der Waals surface area contributed by atoms with Crippen LogP contribution in [0.5, 0.6) is 5.75 Å². The quantitative estimate of drug-likeness (QED) is 0.635. The minimum atomic E-state index is 0.118. The number of hydrogen-bond donors (Lipinski definition) is 2. The molecule has 0 saturated heterocycles. The lowest BCUT2D eigenvalue weighted by molar-refractivity contribution is 0.241. The molecule has 1 aliphatic heterocycles. The van der Waals surface area contributed by atoms with Crippen molar-refractivity contribution in [1.82, 2.24) is 10.6 Å². The number of aliphatic imine (C=N–C) groups is 1. The van der Waals surface area contributed by atoms with Gasteiger partial charge in [0.05, 0.1) is 12.8 Å². The number of para-hydroxylation sites is 1. The zero-order chi connectivity index (χ0) is 15.9. The third-order valence-electron chi connectivity index (χ3n) is 3.76. The Balaban J connectivity index is 1.49. The smallest absolute Gasteiger partial charge is 0.191 e. The van der Waals surface area contributed by atoms with E-state index in [0.717, 1.165) is 43.4 Å². The molecule has 0 amide bonds. The fourth-order valence-corrected chi connectivity index (χ4v) is 2.65. The number of ether oxygens (including phenoxy) is 1. The van der Waals surface area contributed by atoms with Crippen molar-refractivity contribution >= 4 is 5.96 Å². The molecule has 2 aromatic rings. The van der Waals surface area contributed by atoms with Crippen molar-refractivity contribution in [2.24, 2.45) is 4.99 Å². The highest BCUT2D eigenvalue weighted by molar-refractivity contribution is 5.79. The average Bonchev–Trinajstić information content (AvgIpc) is 3.21. The molecule has 1 atom stereocenters. The molecule has 5 nitrogen and oxygen atoms in total. The number of hydrogen-bond acceptors (Lipinski definition) is 3. The number of furan rings is 1. The van der Waals surface area contributed by atoms with Gasteiger partial charge in [-0.2, -0.15) is 0 Å². The third kappa shape index (κ3) is 4.28. The molecule has 1 aromatic heterocycles. The Bertz CT molecular complexity index is 612. The molecule has 2 N–H and O–H groups in total. The molecule has 1 aromatic carbocycles. The van der Waals surface area contributed by atoms with Crippen LogP contribution in [0.3, 0.4) is 0 Å². The molecular formula is C18H23N3O2. The van der Waals surface area contributed by atoms with Crippen LogP contribution in [0, 0.1) is 0 Å². The molecule has 2 heterocycles. The maximum atomic E-state index is 5.92. The Kier molecular flexibility index (Phi) is 5.19. The van der Waals surface area contributed by atoms with Crippen LogP contribution in [0.2, 0.25) is 0 Å². The van der Waals surface area contributed by atoms with Gasteiger partial charge in [0.15, 0.2) is 5.96 Å². The van der Waals surface area contributed by atoms with Gasteiger partial charge in [-0.25, -0.2) is 4.99 Å². The van der Waals surface area contributed by atoms with Gasteiger partial charge in [0, 0.05) is 25.9 Å². The average molecular weight is 313 g/mol. The van der Waals surface area contributed by atoms with Gasteiger partial charge in [-0.3, -0.25) is 0 Å². The Labute approximate surface area is 136 Å². The molecule has 0 bridgehead atoms. The van der Waals surface area contributed by atoms with E-state index in [4.69, 9.17) is 9.15 Å². The summed E-state index contributed by atoms with van der Waals surface area (Å²) in [6, 6.07) is 12.1. The van der Waals surface area contributed by atoms with Crippen LogP contribution in [0.15, 0.2) is 52.1 Å². The summed E-state index contributed by atoms with van der Waals surface area (Å²) in [7, 11) is 0. The van der Waals surface area contributed by atoms with Crippen molar-refractivity contribution in [1.29, 1.82) is 0 Å². The molecule has 0 saturated carbocycles. The van der Waals surface area contributed by atoms with E-state index >= 15 is 0 Å². The van der Waals surface area contributed by atoms with Gasteiger partial charge in [-0.05, 0) is 30.7 Å². The second-order valence-electron chi connectivity index (χ2n) is 5.53. The van der Waals surface area contributed by atoms with Gasteiger partial charge in [0.2, 0.25) is 0 Å². The molecule has 0 radical (unpaired) electrons. The number of nitrogens with one attached hydrogen (secondary N) is 2. The Morgan fingerprint density at radius 1 is 1.22 bits per heavy atom. The third-order valence-corrected chi connectivity index (χ3v) is 3.76. The van der Waals surface area contributed by atoms with Crippen molar-refractivity contribution in [2.45, 2.75) is 25.9 Å². The minimum absolute atomic E-state index is 0.118. The Morgan fingerprint density at radius 2 is 2.13 bits per heavy atom. The van der Waals surface area contributed by atoms with Crippen LogP contribution < -0.4 is 15.4 Å². The monoisotopic (exact) mass is 313 g/mol. The number of rotatable bonds is 6. The summed E-state index contributed by atoms with van der Waals surface area (Å²) < 4.78 is 11.3. The number of guanidine groups is 1. The summed E-state index contributed by atoms with van der Waals surface area (Å²) in [5, 5.41) is 6.59. The van der Waals surface area contributed by atoms with Gasteiger partial charge in [0.1, 0.15) is 17.6 Å². The van der Waals surface area contributed by atoms with E-state index in [1.807, 2.05) is 30.3 Å². The summed E-state index contributed by atoms with van der Waals surface area (Å²) in [6.45, 7) is 4.32. The van der Waals surface area contributed by atoms with E-state index in [9.17, 15) is 0 Å². The van der Waals surface area contributed by atoms with E-state index in [1.54, 1.807) is 6.26 Å². The van der Waals surface area contributed by atoms with Gasteiger partial charge < -0.3 is 19.8 Å². The maximum absolute atomic E-state index is 5.92. The van der Waals surface area contributed by atoms with Crippen molar-refractivity contribution in [2.75, 3.05) is 19.6 Å². The zero-order valence-electron chi connectivity index (χ0n) is 13.4. The lowest BCUT2D eigenvalue weighted by Gasteiger charge is -2.13. The molecule has 1 aliphatic rings. The normalized spacial score (nSPS) is 16.7. The second kappa shape index (κ2) is 7.72. The van der Waals surface area contributed by atoms with Crippen molar-refractivity contribution in [3.63, 3.8) is 0 Å². The van der Waals surface area contributed by atoms with Gasteiger partial charge >= 0.3 is 0 Å². The van der Waals surface area contributed by atoms with Gasteiger partial charge in [-0.15, -0.1) is 0 Å². The summed E-state index contributed by atoms with van der Waals surface area (Å²) >= 11 is 0. The van der Waals surface area contributed by atoms with E-state index in [1.165, 1.54) is 5.56 Å². The van der Waals surface area contributed by atoms with Crippen molar-refractivity contribution in [3.05, 3.63) is 54.0 Å². The van der Waals surface area contributed by atoms with Crippen LogP contribution in [0.4, 0.5) is 0 Å². The minimum Gasteiger partial charge on any atom is -0.488 e. The standard InChI is InChI=1S/C18H23N3O2/c1-2-19-18(20-10-9-15-7-5-11-22-15)21-13-16-12-14-6-3-4-8-17(14)23-16/h3-8,11,16H,2,9-10,12-13H2,1H3,(H2,19,20,21). The predicted octanol–water partition coefficient (Wildman–Crippen LogP) is 2.38. The van der Waals surface area contributed by atoms with Crippen molar-refractivity contribution < 1.29 is 9.15 Å². The number of fused-ring (bicyclic) bond motifs is 1. The highest BCUT2D eigenvalue weighted by Crippen LogP contribution is 2.28. The molecule has 0 aliphatic carbocycles. The topological polar surface area (TPSA) is 58.8 Å². The van der Waals surface area contributed by atoms with E-state index in [-0.39, 0.29) is 6.10 Å². The fourth-order valence-electron chi connectivity index (χ4n) is 2.65. The number of nitrogens with zero attached hydrogens (tertiary/aromatic N) is 1. The summed E-state index contributed by atoms with van der Waals surface area (Å²) in [5.41, 5.74) is 1.27. The molecule has 23 heavy (non-hydrogen) atoms. The summed E-state index contributed by atoms with van der Waals surface area (Å²) in [4.78, 5) is 4.64. The highest BCUT2D eigenvalue weighted by atomic mass is 16.5. The lowest BCUT2D eigenvalue weighted by atomic mass is 10.1. The van der Waals surface area contributed by atoms with E-state index < -0.39 is 0 Å². The Morgan fingerprint density at radius 3 is 2.91 bits per heavy atom. The van der Waals surface area contributed by atoms with Crippen molar-refractivity contribution in [3.8, 4) is 5.75 Å². The highest BCUT2D eigenvalue weighted by Gasteiger charge is 2.21. The zero-order valence-corrected chi connectivity index (χ0v) is 13.4. The van der Waals surface area contributed by atoms with Gasteiger partial charge in [0.25, 0.3) is 0 Å². The summed E-state index contributed by atoms with van der Waals surface area (Å²) in [6.07, 6.45) is 3.57. The van der Waals surface area contributed by atoms with Crippen LogP contribution in [0.25, 0.3) is 0 Å². The molecule has 0 fully saturated rings. The largest absolute Gasteiger partial charge is 0.488 e. The first-order valence-corrected chi connectivity index (χ1v) is 8.14. The maximum Gasteiger partial charge on any atom is 0.191 e. The molecule has 5 heteroatoms. The molecular weight excluding hydrogens is 290 g/mol. The first-order chi connectivity index (χ1) is 11.3. The lowest BCUT2D eigenvalue weighted by Crippen LogP contribution is -2.39. The Hall–Kier alpha value is -2.43. The van der Waals surface area contributed by atoms with E-state index in [2.05, 4.69) is 28.6 Å². The second-order valence-corrected chi connectivity index (χ2v) is 5.53. The molecule has 1 unspecified atom stereocenters.